The minimum absolute atomic E-state index is 0.109. The zero-order chi connectivity index (χ0) is 10.7. The van der Waals surface area contributed by atoms with Gasteiger partial charge in [-0.15, -0.1) is 0 Å². The number of hydrogen-bond donors (Lipinski definition) is 1. The van der Waals surface area contributed by atoms with Crippen molar-refractivity contribution in [2.45, 2.75) is 25.7 Å². The van der Waals surface area contributed by atoms with Gasteiger partial charge in [0, 0.05) is 13.0 Å². The van der Waals surface area contributed by atoms with Crippen LogP contribution in [-0.4, -0.2) is 22.4 Å². The molecule has 80 valence electrons. The molecule has 5 heteroatoms. The molecule has 2 N–H and O–H groups in total. The molecular formula is C10H14N4O. The second-order valence-corrected chi connectivity index (χ2v) is 3.67. The molecule has 0 unspecified atom stereocenters. The lowest BCUT2D eigenvalue weighted by Crippen LogP contribution is -2.31. The predicted octanol–water partition coefficient (Wildman–Crippen LogP) is 0.966. The van der Waals surface area contributed by atoms with Gasteiger partial charge in [0.15, 0.2) is 0 Å². The van der Waals surface area contributed by atoms with E-state index in [0.29, 0.717) is 24.6 Å². The van der Waals surface area contributed by atoms with Crippen LogP contribution in [0, 0.1) is 0 Å². The molecule has 1 aromatic heterocycles. The van der Waals surface area contributed by atoms with E-state index in [9.17, 15) is 4.79 Å². The highest BCUT2D eigenvalue weighted by Gasteiger charge is 2.19. The summed E-state index contributed by atoms with van der Waals surface area (Å²) in [5, 5.41) is 0. The zero-order valence-corrected chi connectivity index (χ0v) is 8.52. The molecule has 2 rings (SSSR count). The average molecular weight is 206 g/mol. The zero-order valence-electron chi connectivity index (χ0n) is 8.52. The van der Waals surface area contributed by atoms with E-state index in [1.54, 1.807) is 4.90 Å². The highest BCUT2D eigenvalue weighted by molar-refractivity contribution is 5.91. The lowest BCUT2D eigenvalue weighted by atomic mass is 10.2. The lowest BCUT2D eigenvalue weighted by molar-refractivity contribution is -0.118. The van der Waals surface area contributed by atoms with Crippen molar-refractivity contribution in [3.05, 3.63) is 12.4 Å². The molecule has 0 aromatic carbocycles. The minimum Gasteiger partial charge on any atom is -0.396 e. The van der Waals surface area contributed by atoms with Crippen LogP contribution < -0.4 is 10.6 Å². The number of carbonyl (C=O) groups is 1. The smallest absolute Gasteiger partial charge is 0.232 e. The van der Waals surface area contributed by atoms with Gasteiger partial charge in [-0.25, -0.2) is 9.97 Å². The van der Waals surface area contributed by atoms with E-state index in [2.05, 4.69) is 9.97 Å². The summed E-state index contributed by atoms with van der Waals surface area (Å²) in [4.78, 5) is 21.5. The van der Waals surface area contributed by atoms with Gasteiger partial charge in [-0.05, 0) is 12.8 Å². The Morgan fingerprint density at radius 1 is 1.20 bits per heavy atom. The standard InChI is InChI=1S/C10H14N4O/c11-8-6-12-10(13-7-8)14-5-3-1-2-4-9(14)15/h6-7H,1-5,11H2. The number of nitrogens with zero attached hydrogens (tertiary/aromatic N) is 3. The fourth-order valence-corrected chi connectivity index (χ4v) is 1.66. The van der Waals surface area contributed by atoms with Crippen molar-refractivity contribution < 1.29 is 4.79 Å². The van der Waals surface area contributed by atoms with E-state index in [4.69, 9.17) is 5.73 Å². The van der Waals surface area contributed by atoms with Crippen LogP contribution in [-0.2, 0) is 4.79 Å². The molecule has 0 saturated carbocycles. The first-order valence-electron chi connectivity index (χ1n) is 5.15. The molecule has 5 nitrogen and oxygen atoms in total. The molecule has 0 bridgehead atoms. The van der Waals surface area contributed by atoms with Crippen molar-refractivity contribution in [3.8, 4) is 0 Å². The Morgan fingerprint density at radius 2 is 1.93 bits per heavy atom. The van der Waals surface area contributed by atoms with E-state index in [0.717, 1.165) is 19.3 Å². The maximum Gasteiger partial charge on any atom is 0.232 e. The van der Waals surface area contributed by atoms with Gasteiger partial charge in [-0.2, -0.15) is 0 Å². The monoisotopic (exact) mass is 206 g/mol. The van der Waals surface area contributed by atoms with E-state index in [1.807, 2.05) is 0 Å². The number of hydrogen-bond acceptors (Lipinski definition) is 4. The van der Waals surface area contributed by atoms with Crippen molar-refractivity contribution in [2.75, 3.05) is 17.2 Å². The summed E-state index contributed by atoms with van der Waals surface area (Å²) >= 11 is 0. The Kier molecular flexibility index (Phi) is 2.80. The molecule has 1 aliphatic rings. The topological polar surface area (TPSA) is 72.1 Å². The predicted molar refractivity (Wildman–Crippen MR) is 57.3 cm³/mol. The molecule has 0 aliphatic carbocycles. The first kappa shape index (κ1) is 9.89. The van der Waals surface area contributed by atoms with Gasteiger partial charge in [-0.1, -0.05) is 6.42 Å². The molecule has 1 aliphatic heterocycles. The lowest BCUT2D eigenvalue weighted by Gasteiger charge is -2.17. The maximum absolute atomic E-state index is 11.7. The maximum atomic E-state index is 11.7. The number of anilines is 2. The third-order valence-electron chi connectivity index (χ3n) is 2.47. The fourth-order valence-electron chi connectivity index (χ4n) is 1.66. The Morgan fingerprint density at radius 3 is 2.67 bits per heavy atom. The minimum atomic E-state index is 0.109. The molecule has 0 spiro atoms. The van der Waals surface area contributed by atoms with Gasteiger partial charge in [0.2, 0.25) is 11.9 Å². The van der Waals surface area contributed by atoms with Crippen LogP contribution in [0.1, 0.15) is 25.7 Å². The van der Waals surface area contributed by atoms with Crippen molar-refractivity contribution in [1.29, 1.82) is 0 Å². The number of amides is 1. The summed E-state index contributed by atoms with van der Waals surface area (Å²) < 4.78 is 0. The Bertz CT molecular complexity index is 349. The van der Waals surface area contributed by atoms with Gasteiger partial charge in [0.1, 0.15) is 0 Å². The number of rotatable bonds is 1. The largest absolute Gasteiger partial charge is 0.396 e. The Balaban J connectivity index is 2.20. The van der Waals surface area contributed by atoms with Crippen LogP contribution in [0.2, 0.25) is 0 Å². The van der Waals surface area contributed by atoms with Crippen molar-refractivity contribution in [3.63, 3.8) is 0 Å². The Labute approximate surface area is 88.3 Å². The molecule has 1 aromatic rings. The van der Waals surface area contributed by atoms with Gasteiger partial charge in [0.05, 0.1) is 18.1 Å². The molecule has 2 heterocycles. The molecular weight excluding hydrogens is 192 g/mol. The van der Waals surface area contributed by atoms with Gasteiger partial charge < -0.3 is 5.73 Å². The van der Waals surface area contributed by atoms with Crippen molar-refractivity contribution in [2.24, 2.45) is 0 Å². The van der Waals surface area contributed by atoms with E-state index < -0.39 is 0 Å². The molecule has 1 saturated heterocycles. The van der Waals surface area contributed by atoms with Crippen LogP contribution in [0.15, 0.2) is 12.4 Å². The quantitative estimate of drug-likeness (QED) is 0.743. The third-order valence-corrected chi connectivity index (χ3v) is 2.47. The first-order chi connectivity index (χ1) is 7.27. The summed E-state index contributed by atoms with van der Waals surface area (Å²) in [6.07, 6.45) is 6.72. The number of nitrogens with two attached hydrogens (primary N) is 1. The molecule has 1 amide bonds. The van der Waals surface area contributed by atoms with Crippen LogP contribution in [0.25, 0.3) is 0 Å². The summed E-state index contributed by atoms with van der Waals surface area (Å²) in [7, 11) is 0. The highest BCUT2D eigenvalue weighted by atomic mass is 16.2. The Hall–Kier alpha value is -1.65. The van der Waals surface area contributed by atoms with Gasteiger partial charge in [0.25, 0.3) is 0 Å². The molecule has 1 fully saturated rings. The van der Waals surface area contributed by atoms with E-state index >= 15 is 0 Å². The van der Waals surface area contributed by atoms with Crippen molar-refractivity contribution in [1.82, 2.24) is 9.97 Å². The van der Waals surface area contributed by atoms with Crippen molar-refractivity contribution >= 4 is 17.5 Å². The summed E-state index contributed by atoms with van der Waals surface area (Å²) in [6.45, 7) is 0.711. The second-order valence-electron chi connectivity index (χ2n) is 3.67. The molecule has 0 atom stereocenters. The fraction of sp³-hybridized carbons (Fsp3) is 0.500. The SMILES string of the molecule is Nc1cnc(N2CCCCCC2=O)nc1. The first-order valence-corrected chi connectivity index (χ1v) is 5.15. The third kappa shape index (κ3) is 2.23. The van der Waals surface area contributed by atoms with E-state index in [1.165, 1.54) is 12.4 Å². The number of aromatic nitrogens is 2. The summed E-state index contributed by atoms with van der Waals surface area (Å²) in [5.74, 6) is 0.577. The van der Waals surface area contributed by atoms with Crippen LogP contribution in [0.4, 0.5) is 11.6 Å². The highest BCUT2D eigenvalue weighted by Crippen LogP contribution is 2.16. The van der Waals surface area contributed by atoms with Crippen LogP contribution in [0.5, 0.6) is 0 Å². The van der Waals surface area contributed by atoms with Gasteiger partial charge >= 0.3 is 0 Å². The van der Waals surface area contributed by atoms with Gasteiger partial charge in [-0.3, -0.25) is 9.69 Å². The number of nitrogen functional groups attached to an aromatic ring is 1. The average Bonchev–Trinajstić information content (AvgIpc) is 2.44. The molecule has 15 heavy (non-hydrogen) atoms. The van der Waals surface area contributed by atoms with E-state index in [-0.39, 0.29) is 5.91 Å². The van der Waals surface area contributed by atoms with Crippen LogP contribution >= 0.6 is 0 Å². The van der Waals surface area contributed by atoms with Crippen LogP contribution in [0.3, 0.4) is 0 Å². The number of carbonyl (C=O) groups excluding carboxylic acids is 1. The second kappa shape index (κ2) is 4.25. The molecule has 0 radical (unpaired) electrons. The normalized spacial score (nSPS) is 17.6. The summed E-state index contributed by atoms with van der Waals surface area (Å²) in [6, 6.07) is 0. The summed E-state index contributed by atoms with van der Waals surface area (Å²) in [5.41, 5.74) is 6.01.